The quantitative estimate of drug-likeness (QED) is 0.775. The molecule has 0 unspecified atom stereocenters. The van der Waals surface area contributed by atoms with Gasteiger partial charge in [-0.05, 0) is 37.5 Å². The van der Waals surface area contributed by atoms with Crippen molar-refractivity contribution in [2.75, 3.05) is 13.2 Å². The zero-order valence-corrected chi connectivity index (χ0v) is 12.5. The van der Waals surface area contributed by atoms with Crippen LogP contribution in [0.25, 0.3) is 0 Å². The SMILES string of the molecule is CCNC(=O)CCOc1ccc(CNC2CC2)cc1Cl. The van der Waals surface area contributed by atoms with Gasteiger partial charge in [0.2, 0.25) is 5.91 Å². The van der Waals surface area contributed by atoms with Gasteiger partial charge in [0.05, 0.1) is 18.1 Å². The first-order valence-electron chi connectivity index (χ1n) is 7.10. The molecule has 0 atom stereocenters. The molecule has 0 aromatic heterocycles. The number of hydrogen-bond donors (Lipinski definition) is 2. The van der Waals surface area contributed by atoms with Crippen LogP contribution in [0.1, 0.15) is 31.7 Å². The van der Waals surface area contributed by atoms with Crippen LogP contribution < -0.4 is 15.4 Å². The maximum atomic E-state index is 11.3. The monoisotopic (exact) mass is 296 g/mol. The molecule has 1 aromatic rings. The topological polar surface area (TPSA) is 50.4 Å². The van der Waals surface area contributed by atoms with Crippen molar-refractivity contribution >= 4 is 17.5 Å². The number of benzene rings is 1. The van der Waals surface area contributed by atoms with Gasteiger partial charge in [0, 0.05) is 19.1 Å². The third-order valence-corrected chi connectivity index (χ3v) is 3.42. The average Bonchev–Trinajstić information content (AvgIpc) is 3.23. The first-order chi connectivity index (χ1) is 9.69. The standard InChI is InChI=1S/C15H21ClN2O2/c1-2-17-15(19)7-8-20-14-6-3-11(9-13(14)16)10-18-12-4-5-12/h3,6,9,12,18H,2,4-5,7-8,10H2,1H3,(H,17,19). The lowest BCUT2D eigenvalue weighted by molar-refractivity contribution is -0.121. The number of halogens is 1. The van der Waals surface area contributed by atoms with Gasteiger partial charge in [0.1, 0.15) is 5.75 Å². The summed E-state index contributed by atoms with van der Waals surface area (Å²) in [7, 11) is 0. The molecule has 2 N–H and O–H groups in total. The van der Waals surface area contributed by atoms with E-state index in [1.165, 1.54) is 12.8 Å². The Kier molecular flexibility index (Phi) is 5.68. The van der Waals surface area contributed by atoms with E-state index in [4.69, 9.17) is 16.3 Å². The number of nitrogens with one attached hydrogen (secondary N) is 2. The normalized spacial score (nSPS) is 14.1. The zero-order chi connectivity index (χ0) is 14.4. The highest BCUT2D eigenvalue weighted by molar-refractivity contribution is 6.32. The summed E-state index contributed by atoms with van der Waals surface area (Å²) < 4.78 is 5.53. The molecule has 2 rings (SSSR count). The molecule has 20 heavy (non-hydrogen) atoms. The van der Waals surface area contributed by atoms with E-state index in [1.807, 2.05) is 25.1 Å². The van der Waals surface area contributed by atoms with Crippen molar-refractivity contribution in [3.8, 4) is 5.75 Å². The molecule has 1 amide bonds. The van der Waals surface area contributed by atoms with Crippen molar-refractivity contribution in [2.24, 2.45) is 0 Å². The highest BCUT2D eigenvalue weighted by atomic mass is 35.5. The lowest BCUT2D eigenvalue weighted by Crippen LogP contribution is -2.24. The highest BCUT2D eigenvalue weighted by Gasteiger charge is 2.20. The fourth-order valence-electron chi connectivity index (χ4n) is 1.86. The average molecular weight is 297 g/mol. The van der Waals surface area contributed by atoms with Crippen LogP contribution in [0.5, 0.6) is 5.75 Å². The Balaban J connectivity index is 1.77. The molecule has 4 nitrogen and oxygen atoms in total. The van der Waals surface area contributed by atoms with E-state index in [9.17, 15) is 4.79 Å². The second kappa shape index (κ2) is 7.50. The summed E-state index contributed by atoms with van der Waals surface area (Å²) in [5, 5.41) is 6.76. The van der Waals surface area contributed by atoms with Crippen LogP contribution >= 0.6 is 11.6 Å². The third-order valence-electron chi connectivity index (χ3n) is 3.13. The fourth-order valence-corrected chi connectivity index (χ4v) is 2.12. The Bertz CT molecular complexity index is 461. The van der Waals surface area contributed by atoms with Gasteiger partial charge < -0.3 is 15.4 Å². The lowest BCUT2D eigenvalue weighted by atomic mass is 10.2. The molecule has 1 saturated carbocycles. The van der Waals surface area contributed by atoms with Crippen LogP contribution in [0.15, 0.2) is 18.2 Å². The minimum Gasteiger partial charge on any atom is -0.491 e. The van der Waals surface area contributed by atoms with Crippen LogP contribution in [0, 0.1) is 0 Å². The third kappa shape index (κ3) is 5.02. The van der Waals surface area contributed by atoms with Gasteiger partial charge in [-0.15, -0.1) is 0 Å². The molecular weight excluding hydrogens is 276 g/mol. The molecule has 110 valence electrons. The molecule has 5 heteroatoms. The molecule has 1 fully saturated rings. The van der Waals surface area contributed by atoms with Crippen LogP contribution in [-0.4, -0.2) is 25.1 Å². The Morgan fingerprint density at radius 2 is 2.25 bits per heavy atom. The summed E-state index contributed by atoms with van der Waals surface area (Å²) in [4.78, 5) is 11.3. The molecule has 0 saturated heterocycles. The number of carbonyl (C=O) groups excluding carboxylic acids is 1. The van der Waals surface area contributed by atoms with Gasteiger partial charge in [0.15, 0.2) is 0 Å². The van der Waals surface area contributed by atoms with Gasteiger partial charge in [-0.2, -0.15) is 0 Å². The van der Waals surface area contributed by atoms with E-state index in [2.05, 4.69) is 10.6 Å². The van der Waals surface area contributed by atoms with E-state index in [-0.39, 0.29) is 5.91 Å². The van der Waals surface area contributed by atoms with E-state index < -0.39 is 0 Å². The second-order valence-electron chi connectivity index (χ2n) is 4.97. The molecule has 1 aromatic carbocycles. The number of ether oxygens (including phenoxy) is 1. The molecule has 0 aliphatic heterocycles. The summed E-state index contributed by atoms with van der Waals surface area (Å²) in [5.41, 5.74) is 1.15. The summed E-state index contributed by atoms with van der Waals surface area (Å²) in [6, 6.07) is 6.47. The fraction of sp³-hybridized carbons (Fsp3) is 0.533. The van der Waals surface area contributed by atoms with Gasteiger partial charge in [-0.3, -0.25) is 4.79 Å². The zero-order valence-electron chi connectivity index (χ0n) is 11.7. The number of amides is 1. The highest BCUT2D eigenvalue weighted by Crippen LogP contribution is 2.26. The van der Waals surface area contributed by atoms with Crippen LogP contribution in [0.4, 0.5) is 0 Å². The summed E-state index contributed by atoms with van der Waals surface area (Å²) >= 11 is 6.18. The van der Waals surface area contributed by atoms with Crippen molar-refractivity contribution in [2.45, 2.75) is 38.8 Å². The first-order valence-corrected chi connectivity index (χ1v) is 7.48. The van der Waals surface area contributed by atoms with E-state index in [1.54, 1.807) is 0 Å². The Labute approximate surface area is 124 Å². The maximum Gasteiger partial charge on any atom is 0.223 e. The minimum atomic E-state index is -0.00567. The van der Waals surface area contributed by atoms with Crippen LogP contribution in [0.2, 0.25) is 5.02 Å². The molecule has 1 aliphatic carbocycles. The number of rotatable bonds is 8. The van der Waals surface area contributed by atoms with Gasteiger partial charge in [-0.1, -0.05) is 17.7 Å². The van der Waals surface area contributed by atoms with E-state index in [0.29, 0.717) is 36.4 Å². The van der Waals surface area contributed by atoms with Crippen molar-refractivity contribution in [3.05, 3.63) is 28.8 Å². The minimum absolute atomic E-state index is 0.00567. The number of carbonyl (C=O) groups is 1. The molecule has 0 radical (unpaired) electrons. The maximum absolute atomic E-state index is 11.3. The smallest absolute Gasteiger partial charge is 0.223 e. The number of hydrogen-bond acceptors (Lipinski definition) is 3. The molecular formula is C15H21ClN2O2. The second-order valence-corrected chi connectivity index (χ2v) is 5.38. The largest absolute Gasteiger partial charge is 0.491 e. The van der Waals surface area contributed by atoms with Gasteiger partial charge in [0.25, 0.3) is 0 Å². The van der Waals surface area contributed by atoms with Gasteiger partial charge in [-0.25, -0.2) is 0 Å². The van der Waals surface area contributed by atoms with Crippen molar-refractivity contribution < 1.29 is 9.53 Å². The van der Waals surface area contributed by atoms with Crippen LogP contribution in [-0.2, 0) is 11.3 Å². The van der Waals surface area contributed by atoms with Crippen molar-refractivity contribution in [3.63, 3.8) is 0 Å². The molecule has 0 heterocycles. The van der Waals surface area contributed by atoms with Gasteiger partial charge >= 0.3 is 0 Å². The molecule has 0 spiro atoms. The summed E-state index contributed by atoms with van der Waals surface area (Å²) in [6.07, 6.45) is 2.89. The Morgan fingerprint density at radius 1 is 1.45 bits per heavy atom. The summed E-state index contributed by atoms with van der Waals surface area (Å²) in [5.74, 6) is 0.625. The van der Waals surface area contributed by atoms with E-state index in [0.717, 1.165) is 12.1 Å². The lowest BCUT2D eigenvalue weighted by Gasteiger charge is -2.10. The Morgan fingerprint density at radius 3 is 2.90 bits per heavy atom. The van der Waals surface area contributed by atoms with Crippen LogP contribution in [0.3, 0.4) is 0 Å². The van der Waals surface area contributed by atoms with Crippen molar-refractivity contribution in [1.82, 2.24) is 10.6 Å². The van der Waals surface area contributed by atoms with E-state index >= 15 is 0 Å². The molecule has 1 aliphatic rings. The van der Waals surface area contributed by atoms with Crippen molar-refractivity contribution in [1.29, 1.82) is 0 Å². The molecule has 0 bridgehead atoms. The first kappa shape index (κ1) is 15.1. The summed E-state index contributed by atoms with van der Waals surface area (Å²) in [6.45, 7) is 3.71. The Hall–Kier alpha value is -1.26. The predicted octanol–water partition coefficient (Wildman–Crippen LogP) is 2.50. The predicted molar refractivity (Wildman–Crippen MR) is 80.1 cm³/mol.